The maximum atomic E-state index is 12.4. The van der Waals surface area contributed by atoms with E-state index in [4.69, 9.17) is 5.73 Å². The van der Waals surface area contributed by atoms with E-state index in [2.05, 4.69) is 6.92 Å². The standard InChI is InChI=1S/C14H22N2O2S.ClH/c1-12-5-3-4-6-13(12)9-19(17,18)16-8-7-14(2,10-15)11-16;/h3-6H,7-11,15H2,1-2H3;1H. The second-order valence-corrected chi connectivity index (χ2v) is 7.75. The van der Waals surface area contributed by atoms with Gasteiger partial charge in [-0.25, -0.2) is 12.7 Å². The molecule has 1 unspecified atom stereocenters. The minimum absolute atomic E-state index is 0. The Hall–Kier alpha value is -0.620. The summed E-state index contributed by atoms with van der Waals surface area (Å²) in [6, 6.07) is 7.63. The van der Waals surface area contributed by atoms with E-state index in [9.17, 15) is 8.42 Å². The number of nitrogens with zero attached hydrogens (tertiary/aromatic N) is 1. The molecule has 2 rings (SSSR count). The molecule has 1 aromatic carbocycles. The molecule has 114 valence electrons. The zero-order chi connectivity index (χ0) is 14.1. The first-order chi connectivity index (χ1) is 8.86. The van der Waals surface area contributed by atoms with E-state index >= 15 is 0 Å². The molecule has 0 aromatic heterocycles. The minimum Gasteiger partial charge on any atom is -0.330 e. The molecule has 1 saturated heterocycles. The van der Waals surface area contributed by atoms with Crippen LogP contribution in [-0.4, -0.2) is 32.4 Å². The van der Waals surface area contributed by atoms with Gasteiger partial charge in [-0.15, -0.1) is 12.4 Å². The molecule has 0 radical (unpaired) electrons. The van der Waals surface area contributed by atoms with Crippen LogP contribution < -0.4 is 5.73 Å². The van der Waals surface area contributed by atoms with Crippen LogP contribution in [-0.2, 0) is 15.8 Å². The summed E-state index contributed by atoms with van der Waals surface area (Å²) in [6.07, 6.45) is 0.844. The van der Waals surface area contributed by atoms with Crippen LogP contribution >= 0.6 is 12.4 Å². The van der Waals surface area contributed by atoms with Crippen molar-refractivity contribution in [2.45, 2.75) is 26.0 Å². The molecule has 0 saturated carbocycles. The summed E-state index contributed by atoms with van der Waals surface area (Å²) >= 11 is 0. The Balaban J connectivity index is 0.00000200. The van der Waals surface area contributed by atoms with E-state index in [-0.39, 0.29) is 23.6 Å². The highest BCUT2D eigenvalue weighted by molar-refractivity contribution is 7.88. The molecule has 4 nitrogen and oxygen atoms in total. The first kappa shape index (κ1) is 17.4. The molecular weight excluding hydrogens is 296 g/mol. The Bertz CT molecular complexity index is 562. The van der Waals surface area contributed by atoms with Gasteiger partial charge in [0.2, 0.25) is 10.0 Å². The van der Waals surface area contributed by atoms with Gasteiger partial charge in [0, 0.05) is 13.1 Å². The SMILES string of the molecule is Cc1ccccc1CS(=O)(=O)N1CCC(C)(CN)C1.Cl. The van der Waals surface area contributed by atoms with Crippen molar-refractivity contribution in [2.75, 3.05) is 19.6 Å². The van der Waals surface area contributed by atoms with Gasteiger partial charge in [-0.2, -0.15) is 0 Å². The molecule has 1 heterocycles. The average molecular weight is 319 g/mol. The Morgan fingerprint density at radius 2 is 2.00 bits per heavy atom. The van der Waals surface area contributed by atoms with Crippen LogP contribution in [0, 0.1) is 12.3 Å². The molecule has 1 fully saturated rings. The fourth-order valence-corrected chi connectivity index (χ4v) is 4.22. The maximum Gasteiger partial charge on any atom is 0.218 e. The van der Waals surface area contributed by atoms with E-state index in [1.807, 2.05) is 31.2 Å². The second kappa shape index (κ2) is 6.43. The number of sulfonamides is 1. The molecule has 2 N–H and O–H groups in total. The lowest BCUT2D eigenvalue weighted by atomic mass is 9.90. The molecule has 0 aliphatic carbocycles. The molecule has 0 spiro atoms. The van der Waals surface area contributed by atoms with E-state index in [0.717, 1.165) is 17.5 Å². The van der Waals surface area contributed by atoms with Gasteiger partial charge in [-0.3, -0.25) is 0 Å². The van der Waals surface area contributed by atoms with Crippen molar-refractivity contribution in [1.82, 2.24) is 4.31 Å². The number of halogens is 1. The first-order valence-corrected chi connectivity index (χ1v) is 8.20. The third-order valence-electron chi connectivity index (χ3n) is 4.01. The normalized spacial score (nSPS) is 23.6. The van der Waals surface area contributed by atoms with E-state index < -0.39 is 10.0 Å². The predicted molar refractivity (Wildman–Crippen MR) is 84.4 cm³/mol. The van der Waals surface area contributed by atoms with Gasteiger partial charge in [-0.1, -0.05) is 31.2 Å². The average Bonchev–Trinajstić information content (AvgIpc) is 2.76. The molecule has 0 bridgehead atoms. The summed E-state index contributed by atoms with van der Waals surface area (Å²) in [4.78, 5) is 0. The predicted octanol–water partition coefficient (Wildman–Crippen LogP) is 1.92. The van der Waals surface area contributed by atoms with Gasteiger partial charge < -0.3 is 5.73 Å². The second-order valence-electron chi connectivity index (χ2n) is 5.78. The lowest BCUT2D eigenvalue weighted by molar-refractivity contribution is 0.349. The van der Waals surface area contributed by atoms with Crippen molar-refractivity contribution >= 4 is 22.4 Å². The number of rotatable bonds is 4. The summed E-state index contributed by atoms with van der Waals surface area (Å²) in [5.41, 5.74) is 7.56. The highest BCUT2D eigenvalue weighted by Crippen LogP contribution is 2.31. The lowest BCUT2D eigenvalue weighted by Crippen LogP contribution is -2.35. The molecule has 1 aliphatic rings. The minimum atomic E-state index is -3.24. The van der Waals surface area contributed by atoms with E-state index in [0.29, 0.717) is 19.6 Å². The molecule has 1 atom stereocenters. The summed E-state index contributed by atoms with van der Waals surface area (Å²) in [5, 5.41) is 0. The Morgan fingerprint density at radius 1 is 1.35 bits per heavy atom. The number of aryl methyl sites for hydroxylation is 1. The first-order valence-electron chi connectivity index (χ1n) is 6.59. The molecule has 20 heavy (non-hydrogen) atoms. The third kappa shape index (κ3) is 3.73. The van der Waals surface area contributed by atoms with Crippen LogP contribution in [0.2, 0.25) is 0 Å². The molecule has 0 amide bonds. The van der Waals surface area contributed by atoms with Gasteiger partial charge in [0.25, 0.3) is 0 Å². The van der Waals surface area contributed by atoms with Crippen molar-refractivity contribution in [3.63, 3.8) is 0 Å². The summed E-state index contributed by atoms with van der Waals surface area (Å²) in [6.45, 7) is 5.65. The number of benzene rings is 1. The Labute approximate surface area is 127 Å². The highest BCUT2D eigenvalue weighted by atomic mass is 35.5. The third-order valence-corrected chi connectivity index (χ3v) is 5.78. The molecule has 1 aliphatic heterocycles. The fourth-order valence-electron chi connectivity index (χ4n) is 2.44. The van der Waals surface area contributed by atoms with Crippen LogP contribution in [0.3, 0.4) is 0 Å². The van der Waals surface area contributed by atoms with Gasteiger partial charge in [-0.05, 0) is 36.4 Å². The molecule has 6 heteroatoms. The molecule has 1 aromatic rings. The van der Waals surface area contributed by atoms with Gasteiger partial charge in [0.05, 0.1) is 5.75 Å². The maximum absolute atomic E-state index is 12.4. The largest absolute Gasteiger partial charge is 0.330 e. The Kier molecular flexibility index (Phi) is 5.61. The van der Waals surface area contributed by atoms with Crippen LogP contribution in [0.4, 0.5) is 0 Å². The zero-order valence-electron chi connectivity index (χ0n) is 12.0. The van der Waals surface area contributed by atoms with Crippen LogP contribution in [0.15, 0.2) is 24.3 Å². The monoisotopic (exact) mass is 318 g/mol. The summed E-state index contributed by atoms with van der Waals surface area (Å²) in [7, 11) is -3.24. The molecular formula is C14H23ClN2O2S. The number of hydrogen-bond acceptors (Lipinski definition) is 3. The van der Waals surface area contributed by atoms with Gasteiger partial charge in [0.15, 0.2) is 0 Å². The number of hydrogen-bond donors (Lipinski definition) is 1. The van der Waals surface area contributed by atoms with Crippen molar-refractivity contribution in [2.24, 2.45) is 11.1 Å². The summed E-state index contributed by atoms with van der Waals surface area (Å²) < 4.78 is 26.5. The quantitative estimate of drug-likeness (QED) is 0.922. The van der Waals surface area contributed by atoms with Crippen LogP contribution in [0.25, 0.3) is 0 Å². The van der Waals surface area contributed by atoms with Crippen LogP contribution in [0.1, 0.15) is 24.5 Å². The Morgan fingerprint density at radius 3 is 2.55 bits per heavy atom. The highest BCUT2D eigenvalue weighted by Gasteiger charge is 2.38. The van der Waals surface area contributed by atoms with Crippen molar-refractivity contribution < 1.29 is 8.42 Å². The van der Waals surface area contributed by atoms with Gasteiger partial charge in [0.1, 0.15) is 0 Å². The van der Waals surface area contributed by atoms with E-state index in [1.54, 1.807) is 4.31 Å². The van der Waals surface area contributed by atoms with E-state index in [1.165, 1.54) is 0 Å². The number of nitrogens with two attached hydrogens (primary N) is 1. The zero-order valence-corrected chi connectivity index (χ0v) is 13.6. The smallest absolute Gasteiger partial charge is 0.218 e. The van der Waals surface area contributed by atoms with Crippen LogP contribution in [0.5, 0.6) is 0 Å². The van der Waals surface area contributed by atoms with Crippen molar-refractivity contribution in [1.29, 1.82) is 0 Å². The fraction of sp³-hybridized carbons (Fsp3) is 0.571. The van der Waals surface area contributed by atoms with Gasteiger partial charge >= 0.3 is 0 Å². The van der Waals surface area contributed by atoms with Crippen molar-refractivity contribution in [3.8, 4) is 0 Å². The lowest BCUT2D eigenvalue weighted by Gasteiger charge is -2.22. The summed E-state index contributed by atoms with van der Waals surface area (Å²) in [5.74, 6) is 0.0837. The topological polar surface area (TPSA) is 63.4 Å². The van der Waals surface area contributed by atoms with Crippen molar-refractivity contribution in [3.05, 3.63) is 35.4 Å².